The molecule has 0 radical (unpaired) electrons. The summed E-state index contributed by atoms with van der Waals surface area (Å²) in [6.07, 6.45) is 0. The second kappa shape index (κ2) is 15.7. The molecule has 0 aliphatic carbocycles. The third kappa shape index (κ3) is 6.42. The van der Waals surface area contributed by atoms with Crippen LogP contribution in [0.3, 0.4) is 0 Å². The first-order valence-electron chi connectivity index (χ1n) is 21.8. The molecule has 0 unspecified atom stereocenters. The van der Waals surface area contributed by atoms with Crippen LogP contribution < -0.4 is 0 Å². The van der Waals surface area contributed by atoms with Gasteiger partial charge in [-0.3, -0.25) is 0 Å². The maximum atomic E-state index is 5.37. The molecule has 0 N–H and O–H groups in total. The van der Waals surface area contributed by atoms with Crippen LogP contribution in [0, 0.1) is 0 Å². The molecule has 3 nitrogen and oxygen atoms in total. The van der Waals surface area contributed by atoms with Crippen molar-refractivity contribution in [2.45, 2.75) is 0 Å². The molecule has 12 rings (SSSR count). The van der Waals surface area contributed by atoms with Crippen LogP contribution in [-0.2, 0) is 0 Å². The van der Waals surface area contributed by atoms with E-state index in [1.807, 2.05) is 12.1 Å². The number of benzene rings is 11. The highest BCUT2D eigenvalue weighted by atomic mass is 15.0. The topological polar surface area (TPSA) is 38.7 Å². The predicted octanol–water partition coefficient (Wildman–Crippen LogP) is 16.2. The number of nitrogens with zero attached hydrogens (tertiary/aromatic N) is 3. The van der Waals surface area contributed by atoms with E-state index >= 15 is 0 Å². The van der Waals surface area contributed by atoms with Crippen molar-refractivity contribution in [3.8, 4) is 78.7 Å². The standard InChI is InChI=1S/C61H39N3/c1-3-19-40(20-4-1)43-25-17-26-44(39-43)59-62-60(55-35-16-9-28-46(55)41-21-5-2-6-22-41)64-61(63-59)56-38-37-54(47-29-10-11-30-48(47)56)58-52-33-14-12-31-50(52)57(51-32-13-15-34-53(51)58)49-36-18-24-42-23-7-8-27-45(42)49/h1-39H. The van der Waals surface area contributed by atoms with Gasteiger partial charge in [-0.1, -0.05) is 224 Å². The molecular weight excluding hydrogens is 775 g/mol. The summed E-state index contributed by atoms with van der Waals surface area (Å²) in [5.74, 6) is 1.87. The van der Waals surface area contributed by atoms with Crippen LogP contribution in [0.1, 0.15) is 0 Å². The zero-order valence-corrected chi connectivity index (χ0v) is 34.9. The lowest BCUT2D eigenvalue weighted by molar-refractivity contribution is 1.08. The number of hydrogen-bond acceptors (Lipinski definition) is 3. The van der Waals surface area contributed by atoms with Crippen LogP contribution in [0.15, 0.2) is 237 Å². The Bertz CT molecular complexity index is 3660. The highest BCUT2D eigenvalue weighted by Gasteiger charge is 2.22. The van der Waals surface area contributed by atoms with Crippen LogP contribution in [0.4, 0.5) is 0 Å². The van der Waals surface area contributed by atoms with Gasteiger partial charge in [-0.15, -0.1) is 0 Å². The summed E-state index contributed by atoms with van der Waals surface area (Å²) in [6, 6.07) is 84.2. The minimum atomic E-state index is 0.620. The molecule has 0 spiro atoms. The average molecular weight is 814 g/mol. The van der Waals surface area contributed by atoms with Crippen LogP contribution in [0.2, 0.25) is 0 Å². The molecule has 0 bridgehead atoms. The molecule has 0 aliphatic heterocycles. The van der Waals surface area contributed by atoms with Gasteiger partial charge in [0, 0.05) is 16.7 Å². The van der Waals surface area contributed by atoms with Gasteiger partial charge in [0.1, 0.15) is 0 Å². The lowest BCUT2D eigenvalue weighted by Crippen LogP contribution is -2.02. The Morgan fingerprint density at radius 2 is 0.594 bits per heavy atom. The third-order valence-electron chi connectivity index (χ3n) is 12.5. The first-order chi connectivity index (χ1) is 31.8. The summed E-state index contributed by atoms with van der Waals surface area (Å²) < 4.78 is 0. The van der Waals surface area contributed by atoms with Crippen LogP contribution >= 0.6 is 0 Å². The van der Waals surface area contributed by atoms with Gasteiger partial charge in [0.05, 0.1) is 0 Å². The van der Waals surface area contributed by atoms with E-state index in [0.29, 0.717) is 17.5 Å². The minimum Gasteiger partial charge on any atom is -0.208 e. The predicted molar refractivity (Wildman–Crippen MR) is 268 cm³/mol. The van der Waals surface area contributed by atoms with Crippen LogP contribution in [0.25, 0.3) is 122 Å². The van der Waals surface area contributed by atoms with Crippen LogP contribution in [0.5, 0.6) is 0 Å². The molecule has 3 heteroatoms. The maximum absolute atomic E-state index is 5.37. The Kier molecular flexibility index (Phi) is 9.16. The molecule has 0 saturated carbocycles. The lowest BCUT2D eigenvalue weighted by atomic mass is 9.83. The quantitative estimate of drug-likeness (QED) is 0.150. The fourth-order valence-electron chi connectivity index (χ4n) is 9.63. The highest BCUT2D eigenvalue weighted by molar-refractivity contribution is 6.25. The molecule has 1 aromatic heterocycles. The average Bonchev–Trinajstić information content (AvgIpc) is 3.38. The Hall–Kier alpha value is -8.53. The number of hydrogen-bond donors (Lipinski definition) is 0. The monoisotopic (exact) mass is 813 g/mol. The fourth-order valence-corrected chi connectivity index (χ4v) is 9.63. The van der Waals surface area contributed by atoms with E-state index in [0.717, 1.165) is 55.3 Å². The van der Waals surface area contributed by atoms with Crippen molar-refractivity contribution >= 4 is 43.1 Å². The van der Waals surface area contributed by atoms with Crippen molar-refractivity contribution in [2.75, 3.05) is 0 Å². The molecule has 0 fully saturated rings. The van der Waals surface area contributed by atoms with Crippen molar-refractivity contribution in [1.82, 2.24) is 15.0 Å². The van der Waals surface area contributed by atoms with Gasteiger partial charge in [0.25, 0.3) is 0 Å². The van der Waals surface area contributed by atoms with Gasteiger partial charge >= 0.3 is 0 Å². The molecule has 0 aliphatic rings. The normalized spacial score (nSPS) is 11.4. The van der Waals surface area contributed by atoms with Gasteiger partial charge in [-0.05, 0) is 99.7 Å². The molecule has 64 heavy (non-hydrogen) atoms. The van der Waals surface area contributed by atoms with Crippen molar-refractivity contribution in [1.29, 1.82) is 0 Å². The first-order valence-corrected chi connectivity index (χ1v) is 21.8. The molecule has 1 heterocycles. The smallest absolute Gasteiger partial charge is 0.164 e. The summed E-state index contributed by atoms with van der Waals surface area (Å²) in [6.45, 7) is 0. The van der Waals surface area contributed by atoms with Crippen molar-refractivity contribution in [3.63, 3.8) is 0 Å². The molecule has 11 aromatic carbocycles. The summed E-state index contributed by atoms with van der Waals surface area (Å²) >= 11 is 0. The maximum Gasteiger partial charge on any atom is 0.164 e. The summed E-state index contributed by atoms with van der Waals surface area (Å²) in [5, 5.41) is 9.55. The highest BCUT2D eigenvalue weighted by Crippen LogP contribution is 2.47. The number of aromatic nitrogens is 3. The second-order valence-electron chi connectivity index (χ2n) is 16.2. The summed E-state index contributed by atoms with van der Waals surface area (Å²) in [4.78, 5) is 16.0. The van der Waals surface area contributed by atoms with E-state index in [1.165, 1.54) is 49.0 Å². The zero-order valence-electron chi connectivity index (χ0n) is 34.9. The zero-order chi connectivity index (χ0) is 42.4. The molecular formula is C61H39N3. The Labute approximate surface area is 371 Å². The van der Waals surface area contributed by atoms with Crippen molar-refractivity contribution in [3.05, 3.63) is 237 Å². The summed E-state index contributed by atoms with van der Waals surface area (Å²) in [5.41, 5.74) is 12.1. The second-order valence-corrected chi connectivity index (χ2v) is 16.2. The molecule has 298 valence electrons. The SMILES string of the molecule is c1ccc(-c2cccc(-c3nc(-c4ccccc4-c4ccccc4)nc(-c4ccc(-c5c6ccccc6c(-c6cccc7ccccc67)c6ccccc56)c5ccccc45)n3)c2)cc1. The first kappa shape index (κ1) is 37.2. The van der Waals surface area contributed by atoms with Gasteiger partial charge in [0.15, 0.2) is 17.5 Å². The fraction of sp³-hybridized carbons (Fsp3) is 0. The van der Waals surface area contributed by atoms with E-state index < -0.39 is 0 Å². The summed E-state index contributed by atoms with van der Waals surface area (Å²) in [7, 11) is 0. The molecule has 0 saturated heterocycles. The Balaban J connectivity index is 1.10. The minimum absolute atomic E-state index is 0.620. The van der Waals surface area contributed by atoms with Gasteiger partial charge in [0.2, 0.25) is 0 Å². The number of fused-ring (bicyclic) bond motifs is 4. The van der Waals surface area contributed by atoms with Gasteiger partial charge in [-0.25, -0.2) is 15.0 Å². The molecule has 0 atom stereocenters. The van der Waals surface area contributed by atoms with Gasteiger partial charge < -0.3 is 0 Å². The number of rotatable bonds is 7. The Morgan fingerprint density at radius 3 is 1.25 bits per heavy atom. The van der Waals surface area contributed by atoms with E-state index in [9.17, 15) is 0 Å². The molecule has 0 amide bonds. The van der Waals surface area contributed by atoms with E-state index in [2.05, 4.69) is 224 Å². The van der Waals surface area contributed by atoms with Crippen molar-refractivity contribution in [2.24, 2.45) is 0 Å². The third-order valence-corrected chi connectivity index (χ3v) is 12.5. The van der Waals surface area contributed by atoms with E-state index in [-0.39, 0.29) is 0 Å². The largest absolute Gasteiger partial charge is 0.208 e. The van der Waals surface area contributed by atoms with E-state index in [1.54, 1.807) is 0 Å². The molecule has 12 aromatic rings. The van der Waals surface area contributed by atoms with Crippen LogP contribution in [-0.4, -0.2) is 15.0 Å². The van der Waals surface area contributed by atoms with E-state index in [4.69, 9.17) is 15.0 Å². The van der Waals surface area contributed by atoms with Gasteiger partial charge in [-0.2, -0.15) is 0 Å². The Morgan fingerprint density at radius 1 is 0.203 bits per heavy atom. The lowest BCUT2D eigenvalue weighted by Gasteiger charge is -2.20. The van der Waals surface area contributed by atoms with Crippen molar-refractivity contribution < 1.29 is 0 Å².